The smallest absolute Gasteiger partial charge is 0.323 e. The third kappa shape index (κ3) is 5.29. The Kier molecular flexibility index (Phi) is 6.38. The predicted molar refractivity (Wildman–Crippen MR) is 66.3 cm³/mol. The molecule has 0 aromatic rings. The first-order valence-corrected chi connectivity index (χ1v) is 6.06. The van der Waals surface area contributed by atoms with E-state index in [0.29, 0.717) is 0 Å². The van der Waals surface area contributed by atoms with Gasteiger partial charge in [-0.15, -0.1) is 6.58 Å². The number of carbonyl (C=O) groups is 2. The largest absolute Gasteiger partial charge is 0.480 e. The molecule has 1 fully saturated rings. The van der Waals surface area contributed by atoms with E-state index in [2.05, 4.69) is 11.9 Å². The van der Waals surface area contributed by atoms with Crippen molar-refractivity contribution < 1.29 is 19.4 Å². The van der Waals surface area contributed by atoms with Crippen molar-refractivity contribution in [3.05, 3.63) is 12.7 Å². The quantitative estimate of drug-likeness (QED) is 0.620. The maximum atomic E-state index is 11.8. The van der Waals surface area contributed by atoms with Crippen molar-refractivity contribution in [2.75, 3.05) is 32.8 Å². The first-order valence-electron chi connectivity index (χ1n) is 6.06. The highest BCUT2D eigenvalue weighted by molar-refractivity contribution is 5.82. The Morgan fingerprint density at radius 3 is 2.67 bits per heavy atom. The van der Waals surface area contributed by atoms with Gasteiger partial charge in [0.25, 0.3) is 0 Å². The average Bonchev–Trinajstić information content (AvgIpc) is 2.36. The molecular weight excluding hydrogens is 236 g/mol. The Hall–Kier alpha value is -1.40. The number of carboxylic acids is 1. The number of hydrogen-bond acceptors (Lipinski definition) is 4. The molecule has 1 aliphatic rings. The first kappa shape index (κ1) is 14.7. The van der Waals surface area contributed by atoms with Gasteiger partial charge in [0.1, 0.15) is 13.2 Å². The summed E-state index contributed by atoms with van der Waals surface area (Å²) in [4.78, 5) is 23.6. The number of hydrogen-bond donors (Lipinski definition) is 2. The van der Waals surface area contributed by atoms with E-state index < -0.39 is 5.97 Å². The fourth-order valence-electron chi connectivity index (χ4n) is 1.82. The van der Waals surface area contributed by atoms with Gasteiger partial charge >= 0.3 is 5.97 Å². The minimum atomic E-state index is -1.04. The van der Waals surface area contributed by atoms with Crippen LogP contribution in [-0.2, 0) is 14.3 Å². The maximum absolute atomic E-state index is 11.8. The zero-order valence-electron chi connectivity index (χ0n) is 10.4. The molecule has 102 valence electrons. The zero-order valence-corrected chi connectivity index (χ0v) is 10.4. The Bertz CT molecular complexity index is 300. The van der Waals surface area contributed by atoms with Gasteiger partial charge in [-0.3, -0.25) is 9.59 Å². The third-order valence-corrected chi connectivity index (χ3v) is 2.76. The van der Waals surface area contributed by atoms with E-state index >= 15 is 0 Å². The first-order chi connectivity index (χ1) is 8.63. The number of amides is 1. The summed E-state index contributed by atoms with van der Waals surface area (Å²) in [6.07, 6.45) is 3.36. The number of nitrogens with one attached hydrogen (secondary N) is 1. The fraction of sp³-hybridized carbons (Fsp3) is 0.667. The van der Waals surface area contributed by atoms with Crippen molar-refractivity contribution in [3.63, 3.8) is 0 Å². The Morgan fingerprint density at radius 1 is 1.44 bits per heavy atom. The molecule has 0 aromatic carbocycles. The molecular formula is C12H20N2O4. The van der Waals surface area contributed by atoms with E-state index in [1.807, 2.05) is 0 Å². The van der Waals surface area contributed by atoms with Crippen LogP contribution in [0.25, 0.3) is 0 Å². The molecule has 0 spiro atoms. The molecule has 1 amide bonds. The summed E-state index contributed by atoms with van der Waals surface area (Å²) in [5.41, 5.74) is 0. The Balaban J connectivity index is 2.35. The van der Waals surface area contributed by atoms with Gasteiger partial charge in [0.15, 0.2) is 0 Å². The second-order valence-electron chi connectivity index (χ2n) is 4.22. The SMILES string of the molecule is C=CCN(CC(=O)O)C(=O)COC1CCNCC1. The Morgan fingerprint density at radius 2 is 2.11 bits per heavy atom. The summed E-state index contributed by atoms with van der Waals surface area (Å²) < 4.78 is 5.50. The number of rotatable bonds is 7. The summed E-state index contributed by atoms with van der Waals surface area (Å²) >= 11 is 0. The predicted octanol–water partition coefficient (Wildman–Crippen LogP) is -0.146. The molecule has 0 unspecified atom stereocenters. The van der Waals surface area contributed by atoms with Crippen molar-refractivity contribution >= 4 is 11.9 Å². The van der Waals surface area contributed by atoms with Gasteiger partial charge in [-0.25, -0.2) is 0 Å². The van der Waals surface area contributed by atoms with E-state index in [9.17, 15) is 9.59 Å². The highest BCUT2D eigenvalue weighted by Gasteiger charge is 2.19. The number of piperidine rings is 1. The molecule has 1 saturated heterocycles. The monoisotopic (exact) mass is 256 g/mol. The fourth-order valence-corrected chi connectivity index (χ4v) is 1.82. The van der Waals surface area contributed by atoms with Crippen LogP contribution in [0.5, 0.6) is 0 Å². The molecule has 1 heterocycles. The van der Waals surface area contributed by atoms with E-state index in [1.54, 1.807) is 0 Å². The summed E-state index contributed by atoms with van der Waals surface area (Å²) in [6, 6.07) is 0. The second-order valence-corrected chi connectivity index (χ2v) is 4.22. The van der Waals surface area contributed by atoms with Crippen molar-refractivity contribution in [3.8, 4) is 0 Å². The minimum Gasteiger partial charge on any atom is -0.480 e. The molecule has 1 aliphatic heterocycles. The van der Waals surface area contributed by atoms with E-state index in [-0.39, 0.29) is 31.7 Å². The molecule has 0 radical (unpaired) electrons. The van der Waals surface area contributed by atoms with Gasteiger partial charge < -0.3 is 20.1 Å². The number of carboxylic acid groups (broad SMARTS) is 1. The van der Waals surface area contributed by atoms with Crippen molar-refractivity contribution in [2.45, 2.75) is 18.9 Å². The van der Waals surface area contributed by atoms with Gasteiger partial charge in [-0.1, -0.05) is 6.08 Å². The van der Waals surface area contributed by atoms with Crippen molar-refractivity contribution in [1.29, 1.82) is 0 Å². The lowest BCUT2D eigenvalue weighted by Crippen LogP contribution is -2.40. The second kappa shape index (κ2) is 7.84. The van der Waals surface area contributed by atoms with Crippen molar-refractivity contribution in [1.82, 2.24) is 10.2 Å². The van der Waals surface area contributed by atoms with Gasteiger partial charge in [0.05, 0.1) is 6.10 Å². The topological polar surface area (TPSA) is 78.9 Å². The van der Waals surface area contributed by atoms with Crippen LogP contribution in [-0.4, -0.2) is 60.8 Å². The molecule has 0 aromatic heterocycles. The van der Waals surface area contributed by atoms with Gasteiger partial charge in [0.2, 0.25) is 5.91 Å². The van der Waals surface area contributed by atoms with E-state index in [4.69, 9.17) is 9.84 Å². The van der Waals surface area contributed by atoms with Crippen LogP contribution in [0.3, 0.4) is 0 Å². The number of carbonyl (C=O) groups excluding carboxylic acids is 1. The highest BCUT2D eigenvalue weighted by Crippen LogP contribution is 2.07. The molecule has 0 saturated carbocycles. The number of ether oxygens (including phenoxy) is 1. The highest BCUT2D eigenvalue weighted by atomic mass is 16.5. The lowest BCUT2D eigenvalue weighted by Gasteiger charge is -2.24. The third-order valence-electron chi connectivity index (χ3n) is 2.76. The molecule has 0 atom stereocenters. The van der Waals surface area contributed by atoms with E-state index in [0.717, 1.165) is 25.9 Å². The van der Waals surface area contributed by atoms with Crippen LogP contribution >= 0.6 is 0 Å². The van der Waals surface area contributed by atoms with Crippen LogP contribution in [0.2, 0.25) is 0 Å². The maximum Gasteiger partial charge on any atom is 0.323 e. The number of aliphatic carboxylic acids is 1. The normalized spacial score (nSPS) is 16.2. The number of nitrogens with zero attached hydrogens (tertiary/aromatic N) is 1. The summed E-state index contributed by atoms with van der Waals surface area (Å²) in [5.74, 6) is -1.34. The molecule has 0 bridgehead atoms. The van der Waals surface area contributed by atoms with Crippen LogP contribution in [0, 0.1) is 0 Å². The zero-order chi connectivity index (χ0) is 13.4. The summed E-state index contributed by atoms with van der Waals surface area (Å²) in [5, 5.41) is 11.9. The van der Waals surface area contributed by atoms with Crippen molar-refractivity contribution in [2.24, 2.45) is 0 Å². The van der Waals surface area contributed by atoms with Crippen LogP contribution in [0.1, 0.15) is 12.8 Å². The Labute approximate surface area is 107 Å². The van der Waals surface area contributed by atoms with Crippen LogP contribution in [0.15, 0.2) is 12.7 Å². The minimum absolute atomic E-state index is 0.0637. The summed E-state index contributed by atoms with van der Waals surface area (Å²) in [7, 11) is 0. The van der Waals surface area contributed by atoms with Gasteiger partial charge in [-0.2, -0.15) is 0 Å². The molecule has 6 heteroatoms. The summed E-state index contributed by atoms with van der Waals surface area (Å²) in [6.45, 7) is 5.13. The molecule has 18 heavy (non-hydrogen) atoms. The van der Waals surface area contributed by atoms with Gasteiger partial charge in [-0.05, 0) is 25.9 Å². The molecule has 0 aliphatic carbocycles. The lowest BCUT2D eigenvalue weighted by atomic mass is 10.1. The van der Waals surface area contributed by atoms with Gasteiger partial charge in [0, 0.05) is 6.54 Å². The van der Waals surface area contributed by atoms with E-state index in [1.165, 1.54) is 11.0 Å². The molecule has 2 N–H and O–H groups in total. The lowest BCUT2D eigenvalue weighted by molar-refractivity contribution is -0.147. The molecule has 1 rings (SSSR count). The van der Waals surface area contributed by atoms with Crippen LogP contribution < -0.4 is 5.32 Å². The standard InChI is InChI=1S/C12H20N2O4/c1-2-7-14(8-12(16)17)11(15)9-18-10-3-5-13-6-4-10/h2,10,13H,1,3-9H2,(H,16,17). The van der Waals surface area contributed by atoms with Crippen LogP contribution in [0.4, 0.5) is 0 Å². The average molecular weight is 256 g/mol. The molecule has 6 nitrogen and oxygen atoms in total.